The molecule has 5 rings (SSSR count). The van der Waals surface area contributed by atoms with Crippen molar-refractivity contribution < 1.29 is 14.7 Å². The smallest absolute Gasteiger partial charge is 0.307 e. The van der Waals surface area contributed by atoms with Crippen molar-refractivity contribution in [1.82, 2.24) is 4.98 Å². The lowest BCUT2D eigenvalue weighted by Crippen LogP contribution is -2.36. The van der Waals surface area contributed by atoms with Crippen LogP contribution in [0, 0.1) is 23.7 Å². The predicted octanol–water partition coefficient (Wildman–Crippen LogP) is 4.42. The van der Waals surface area contributed by atoms with E-state index in [9.17, 15) is 14.7 Å². The van der Waals surface area contributed by atoms with Gasteiger partial charge >= 0.3 is 5.97 Å². The topological polar surface area (TPSA) is 79.3 Å². The first-order chi connectivity index (χ1) is 13.6. The first-order valence-electron chi connectivity index (χ1n) is 9.27. The highest BCUT2D eigenvalue weighted by Crippen LogP contribution is 2.48. The number of anilines is 1. The minimum atomic E-state index is -0.895. The maximum absolute atomic E-state index is 12.8. The third-order valence-electron chi connectivity index (χ3n) is 5.83. The molecule has 1 amide bonds. The van der Waals surface area contributed by atoms with E-state index in [1.165, 1.54) is 16.7 Å². The van der Waals surface area contributed by atoms with Gasteiger partial charge in [0.1, 0.15) is 0 Å². The van der Waals surface area contributed by atoms with Crippen LogP contribution in [-0.2, 0) is 9.59 Å². The zero-order valence-electron chi connectivity index (χ0n) is 14.9. The Kier molecular flexibility index (Phi) is 4.02. The van der Waals surface area contributed by atoms with E-state index in [2.05, 4.69) is 34.6 Å². The summed E-state index contributed by atoms with van der Waals surface area (Å²) >= 11 is 1.36. The number of fused-ring (bicyclic) bond motifs is 3. The number of benzene rings is 2. The van der Waals surface area contributed by atoms with Gasteiger partial charge in [0.2, 0.25) is 5.91 Å². The van der Waals surface area contributed by atoms with Crippen LogP contribution in [0.1, 0.15) is 6.42 Å². The monoisotopic (exact) mass is 390 g/mol. The van der Waals surface area contributed by atoms with Crippen molar-refractivity contribution >= 4 is 39.1 Å². The molecule has 1 heterocycles. The Morgan fingerprint density at radius 2 is 1.79 bits per heavy atom. The number of carboxylic acids is 1. The van der Waals surface area contributed by atoms with E-state index in [0.717, 1.165) is 23.1 Å². The molecule has 140 valence electrons. The first-order valence-corrected chi connectivity index (χ1v) is 10.1. The van der Waals surface area contributed by atoms with E-state index in [1.807, 2.05) is 35.7 Å². The second kappa shape index (κ2) is 6.56. The molecule has 2 N–H and O–H groups in total. The van der Waals surface area contributed by atoms with Crippen molar-refractivity contribution in [2.24, 2.45) is 23.7 Å². The summed E-state index contributed by atoms with van der Waals surface area (Å²) in [5.74, 6) is -2.35. The number of amides is 1. The molecule has 2 aromatic carbocycles. The van der Waals surface area contributed by atoms with Crippen LogP contribution in [0.3, 0.4) is 0 Å². The van der Waals surface area contributed by atoms with Gasteiger partial charge in [0.05, 0.1) is 17.5 Å². The highest BCUT2D eigenvalue weighted by atomic mass is 32.1. The maximum atomic E-state index is 12.8. The number of carbonyl (C=O) groups excluding carboxylic acids is 1. The number of aliphatic carboxylic acids is 1. The van der Waals surface area contributed by atoms with Gasteiger partial charge in [0, 0.05) is 10.9 Å². The van der Waals surface area contributed by atoms with Crippen LogP contribution < -0.4 is 5.32 Å². The van der Waals surface area contributed by atoms with Crippen LogP contribution in [0.5, 0.6) is 0 Å². The number of allylic oxidation sites excluding steroid dienone is 2. The average molecular weight is 390 g/mol. The van der Waals surface area contributed by atoms with Gasteiger partial charge in [-0.3, -0.25) is 9.59 Å². The van der Waals surface area contributed by atoms with E-state index >= 15 is 0 Å². The molecule has 1 saturated carbocycles. The van der Waals surface area contributed by atoms with E-state index in [4.69, 9.17) is 0 Å². The van der Waals surface area contributed by atoms with Gasteiger partial charge in [-0.05, 0) is 35.1 Å². The number of nitrogens with one attached hydrogen (secondary N) is 1. The number of hydrogen-bond acceptors (Lipinski definition) is 4. The van der Waals surface area contributed by atoms with Gasteiger partial charge in [-0.25, -0.2) is 4.98 Å². The molecular weight excluding hydrogens is 372 g/mol. The molecule has 28 heavy (non-hydrogen) atoms. The van der Waals surface area contributed by atoms with E-state index in [-0.39, 0.29) is 17.7 Å². The van der Waals surface area contributed by atoms with Gasteiger partial charge in [-0.15, -0.1) is 11.3 Å². The number of thiazole rings is 1. The van der Waals surface area contributed by atoms with Crippen molar-refractivity contribution in [3.05, 3.63) is 60.0 Å². The molecule has 3 aromatic rings. The number of nitrogens with zero attached hydrogens (tertiary/aromatic N) is 1. The highest BCUT2D eigenvalue weighted by molar-refractivity contribution is 7.14. The maximum Gasteiger partial charge on any atom is 0.307 e. The fourth-order valence-corrected chi connectivity index (χ4v) is 5.24. The molecule has 2 aliphatic rings. The lowest BCUT2D eigenvalue weighted by Gasteiger charge is -2.23. The molecule has 0 spiro atoms. The molecule has 2 aliphatic carbocycles. The van der Waals surface area contributed by atoms with Crippen LogP contribution in [-0.4, -0.2) is 22.0 Å². The Labute approximate surface area is 165 Å². The fourth-order valence-electron chi connectivity index (χ4n) is 4.52. The molecule has 0 unspecified atom stereocenters. The normalized spacial score (nSPS) is 25.3. The Balaban J connectivity index is 1.37. The Hall–Kier alpha value is -2.99. The van der Waals surface area contributed by atoms with Crippen molar-refractivity contribution in [3.63, 3.8) is 0 Å². The minimum absolute atomic E-state index is 0.00557. The van der Waals surface area contributed by atoms with Gasteiger partial charge in [0.15, 0.2) is 5.13 Å². The lowest BCUT2D eigenvalue weighted by molar-refractivity contribution is -0.146. The van der Waals surface area contributed by atoms with Crippen molar-refractivity contribution in [1.29, 1.82) is 0 Å². The zero-order chi connectivity index (χ0) is 19.3. The molecule has 0 saturated heterocycles. The van der Waals surface area contributed by atoms with Gasteiger partial charge in [-0.2, -0.15) is 0 Å². The van der Waals surface area contributed by atoms with Crippen LogP contribution in [0.25, 0.3) is 22.0 Å². The number of carboxylic acid groups (broad SMARTS) is 1. The van der Waals surface area contributed by atoms with Gasteiger partial charge in [0.25, 0.3) is 0 Å². The quantitative estimate of drug-likeness (QED) is 0.646. The minimum Gasteiger partial charge on any atom is -0.481 e. The summed E-state index contributed by atoms with van der Waals surface area (Å²) in [5.41, 5.74) is 1.79. The van der Waals surface area contributed by atoms with Gasteiger partial charge in [-0.1, -0.05) is 48.6 Å². The van der Waals surface area contributed by atoms with Crippen LogP contribution in [0.15, 0.2) is 60.0 Å². The Morgan fingerprint density at radius 3 is 2.57 bits per heavy atom. The lowest BCUT2D eigenvalue weighted by atomic mass is 9.82. The van der Waals surface area contributed by atoms with E-state index in [1.54, 1.807) is 0 Å². The number of aromatic nitrogens is 1. The highest BCUT2D eigenvalue weighted by Gasteiger charge is 2.51. The fraction of sp³-hybridized carbons (Fsp3) is 0.227. The van der Waals surface area contributed by atoms with E-state index < -0.39 is 17.8 Å². The predicted molar refractivity (Wildman–Crippen MR) is 109 cm³/mol. The summed E-state index contributed by atoms with van der Waals surface area (Å²) in [7, 11) is 0. The molecule has 6 heteroatoms. The number of carbonyl (C=O) groups is 2. The molecular formula is C22H18N2O3S. The summed E-state index contributed by atoms with van der Waals surface area (Å²) in [6.45, 7) is 0. The second-order valence-electron chi connectivity index (χ2n) is 7.43. The second-order valence-corrected chi connectivity index (χ2v) is 8.29. The number of rotatable bonds is 4. The van der Waals surface area contributed by atoms with Crippen molar-refractivity contribution in [2.45, 2.75) is 6.42 Å². The Morgan fingerprint density at radius 1 is 1.04 bits per heavy atom. The van der Waals surface area contributed by atoms with Crippen molar-refractivity contribution in [2.75, 3.05) is 5.32 Å². The first kappa shape index (κ1) is 17.1. The average Bonchev–Trinajstić information content (AvgIpc) is 3.43. The third kappa shape index (κ3) is 2.81. The molecule has 1 fully saturated rings. The molecule has 5 nitrogen and oxygen atoms in total. The molecule has 4 atom stereocenters. The summed E-state index contributed by atoms with van der Waals surface area (Å²) in [4.78, 5) is 29.0. The molecule has 0 aliphatic heterocycles. The summed E-state index contributed by atoms with van der Waals surface area (Å²) in [6.07, 6.45) is 4.67. The number of hydrogen-bond donors (Lipinski definition) is 2. The zero-order valence-corrected chi connectivity index (χ0v) is 15.7. The van der Waals surface area contributed by atoms with Crippen LogP contribution in [0.2, 0.25) is 0 Å². The SMILES string of the molecule is O=C(Nc1nc(-c2ccc3ccccc3c2)cs1)[C@@H]1[C@H](C(=O)O)[C@H]2C=C[C@H]1C2. The van der Waals surface area contributed by atoms with Crippen molar-refractivity contribution in [3.8, 4) is 11.3 Å². The summed E-state index contributed by atoms with van der Waals surface area (Å²) in [5, 5.41) is 17.1. The molecule has 0 radical (unpaired) electrons. The van der Waals surface area contributed by atoms with Crippen LogP contribution >= 0.6 is 11.3 Å². The van der Waals surface area contributed by atoms with Crippen LogP contribution in [0.4, 0.5) is 5.13 Å². The largest absolute Gasteiger partial charge is 0.481 e. The Bertz CT molecular complexity index is 1120. The van der Waals surface area contributed by atoms with Gasteiger partial charge < -0.3 is 10.4 Å². The third-order valence-corrected chi connectivity index (χ3v) is 6.58. The molecule has 2 bridgehead atoms. The van der Waals surface area contributed by atoms with E-state index in [0.29, 0.717) is 5.13 Å². The standard InChI is InChI=1S/C22H18N2O3S/c25-20(18-15-7-8-16(10-15)19(18)21(26)27)24-22-23-17(11-28-22)14-6-5-12-3-1-2-4-13(12)9-14/h1-9,11,15-16,18-19H,10H2,(H,26,27)(H,23,24,25)/t15-,16-,18-,19+/m0/s1. The molecule has 1 aromatic heterocycles. The summed E-state index contributed by atoms with van der Waals surface area (Å²) < 4.78 is 0. The summed E-state index contributed by atoms with van der Waals surface area (Å²) in [6, 6.07) is 14.3.